The van der Waals surface area contributed by atoms with Crippen LogP contribution in [0.3, 0.4) is 0 Å². The van der Waals surface area contributed by atoms with E-state index in [9.17, 15) is 4.79 Å². The maximum atomic E-state index is 10.8. The fourth-order valence-electron chi connectivity index (χ4n) is 1.35. The number of ether oxygens (including phenoxy) is 1. The van der Waals surface area contributed by atoms with Crippen molar-refractivity contribution in [3.63, 3.8) is 0 Å². The highest BCUT2D eigenvalue weighted by molar-refractivity contribution is 5.80. The van der Waals surface area contributed by atoms with E-state index in [1.54, 1.807) is 0 Å². The molecule has 0 aliphatic heterocycles. The average molecular weight is 178 g/mol. The van der Waals surface area contributed by atoms with Crippen LogP contribution in [0.2, 0.25) is 0 Å². The maximum absolute atomic E-state index is 10.8. The van der Waals surface area contributed by atoms with Crippen LogP contribution in [0.15, 0.2) is 6.33 Å². The number of hydrogen-bond acceptors (Lipinski definition) is 4. The van der Waals surface area contributed by atoms with Crippen LogP contribution in [0.4, 0.5) is 0 Å². The first-order chi connectivity index (χ1) is 6.36. The summed E-state index contributed by atoms with van der Waals surface area (Å²) in [6.45, 7) is 0. The second-order valence-corrected chi connectivity index (χ2v) is 3.07. The third-order valence-corrected chi connectivity index (χ3v) is 2.15. The minimum atomic E-state index is 0.381. The van der Waals surface area contributed by atoms with E-state index >= 15 is 0 Å². The highest BCUT2D eigenvalue weighted by atomic mass is 16.5. The molecule has 4 heteroatoms. The lowest BCUT2D eigenvalue weighted by Gasteiger charge is -2.05. The number of rotatable bonds is 3. The largest absolute Gasteiger partial charge is 0.480 e. The zero-order chi connectivity index (χ0) is 9.26. The molecule has 0 unspecified atom stereocenters. The van der Waals surface area contributed by atoms with Crippen LogP contribution in [0.25, 0.3) is 0 Å². The number of carbonyl (C=O) groups excluding carboxylic acids is 1. The SMILES string of the molecule is COc1ncnc(C2CC2)c1C=O. The first kappa shape index (κ1) is 8.16. The predicted molar refractivity (Wildman–Crippen MR) is 45.9 cm³/mol. The van der Waals surface area contributed by atoms with E-state index in [2.05, 4.69) is 9.97 Å². The van der Waals surface area contributed by atoms with Gasteiger partial charge in [-0.2, -0.15) is 0 Å². The third-order valence-electron chi connectivity index (χ3n) is 2.15. The van der Waals surface area contributed by atoms with Crippen molar-refractivity contribution in [3.05, 3.63) is 17.6 Å². The van der Waals surface area contributed by atoms with Gasteiger partial charge in [0.25, 0.3) is 0 Å². The van der Waals surface area contributed by atoms with Crippen LogP contribution in [0.5, 0.6) is 5.88 Å². The van der Waals surface area contributed by atoms with Crippen LogP contribution in [-0.4, -0.2) is 23.4 Å². The summed E-state index contributed by atoms with van der Waals surface area (Å²) >= 11 is 0. The van der Waals surface area contributed by atoms with Gasteiger partial charge in [0, 0.05) is 5.92 Å². The normalized spacial score (nSPS) is 15.5. The topological polar surface area (TPSA) is 52.1 Å². The standard InChI is InChI=1S/C9H10N2O2/c1-13-9-7(4-12)8(6-2-3-6)10-5-11-9/h4-6H,2-3H2,1H3. The Labute approximate surface area is 76.0 Å². The zero-order valence-electron chi connectivity index (χ0n) is 7.36. The van der Waals surface area contributed by atoms with E-state index in [0.717, 1.165) is 24.8 Å². The minimum absolute atomic E-state index is 0.381. The Morgan fingerprint density at radius 1 is 1.54 bits per heavy atom. The molecule has 1 aromatic rings. The molecule has 1 aromatic heterocycles. The monoisotopic (exact) mass is 178 g/mol. The predicted octanol–water partition coefficient (Wildman–Crippen LogP) is 1.18. The summed E-state index contributed by atoms with van der Waals surface area (Å²) in [6, 6.07) is 0. The molecule has 0 radical (unpaired) electrons. The van der Waals surface area contributed by atoms with Crippen molar-refractivity contribution in [2.45, 2.75) is 18.8 Å². The number of aromatic nitrogens is 2. The summed E-state index contributed by atoms with van der Waals surface area (Å²) in [5.41, 5.74) is 1.34. The summed E-state index contributed by atoms with van der Waals surface area (Å²) in [6.07, 6.45) is 4.44. The molecule has 0 N–H and O–H groups in total. The van der Waals surface area contributed by atoms with Gasteiger partial charge in [0.05, 0.1) is 18.4 Å². The van der Waals surface area contributed by atoms with Gasteiger partial charge < -0.3 is 4.74 Å². The van der Waals surface area contributed by atoms with E-state index in [-0.39, 0.29) is 0 Å². The van der Waals surface area contributed by atoms with Gasteiger partial charge in [-0.15, -0.1) is 0 Å². The van der Waals surface area contributed by atoms with Gasteiger partial charge >= 0.3 is 0 Å². The molecule has 0 saturated heterocycles. The number of aldehydes is 1. The molecular weight excluding hydrogens is 168 g/mol. The molecule has 1 fully saturated rings. The molecule has 1 saturated carbocycles. The van der Waals surface area contributed by atoms with Crippen LogP contribution in [-0.2, 0) is 0 Å². The Hall–Kier alpha value is -1.45. The van der Waals surface area contributed by atoms with E-state index in [1.165, 1.54) is 13.4 Å². The quantitative estimate of drug-likeness (QED) is 0.652. The molecule has 4 nitrogen and oxygen atoms in total. The molecular formula is C9H10N2O2. The van der Waals surface area contributed by atoms with Gasteiger partial charge in [0.2, 0.25) is 5.88 Å². The molecule has 0 amide bonds. The van der Waals surface area contributed by atoms with Crippen molar-refractivity contribution in [2.75, 3.05) is 7.11 Å². The Kier molecular flexibility index (Phi) is 1.96. The number of methoxy groups -OCH3 is 1. The molecule has 68 valence electrons. The summed E-state index contributed by atoms with van der Waals surface area (Å²) in [4.78, 5) is 18.8. The highest BCUT2D eigenvalue weighted by Crippen LogP contribution is 2.41. The molecule has 1 heterocycles. The van der Waals surface area contributed by atoms with E-state index < -0.39 is 0 Å². The first-order valence-corrected chi connectivity index (χ1v) is 4.21. The van der Waals surface area contributed by atoms with Crippen molar-refractivity contribution in [3.8, 4) is 5.88 Å². The second-order valence-electron chi connectivity index (χ2n) is 3.07. The third kappa shape index (κ3) is 1.39. The fraction of sp³-hybridized carbons (Fsp3) is 0.444. The summed E-state index contributed by atoms with van der Waals surface area (Å²) in [5, 5.41) is 0. The molecule has 1 aliphatic rings. The summed E-state index contributed by atoms with van der Waals surface area (Å²) in [5.74, 6) is 0.823. The zero-order valence-corrected chi connectivity index (χ0v) is 7.36. The van der Waals surface area contributed by atoms with Gasteiger partial charge in [-0.05, 0) is 12.8 Å². The molecule has 1 aliphatic carbocycles. The maximum Gasteiger partial charge on any atom is 0.227 e. The average Bonchev–Trinajstić information content (AvgIpc) is 2.99. The van der Waals surface area contributed by atoms with Crippen molar-refractivity contribution in [2.24, 2.45) is 0 Å². The van der Waals surface area contributed by atoms with Gasteiger partial charge in [-0.3, -0.25) is 4.79 Å². The van der Waals surface area contributed by atoms with E-state index in [1.807, 2.05) is 0 Å². The molecule has 0 spiro atoms. The van der Waals surface area contributed by atoms with E-state index in [4.69, 9.17) is 4.74 Å². The van der Waals surface area contributed by atoms with Crippen LogP contribution >= 0.6 is 0 Å². The fourth-order valence-corrected chi connectivity index (χ4v) is 1.35. The van der Waals surface area contributed by atoms with E-state index in [0.29, 0.717) is 17.4 Å². The highest BCUT2D eigenvalue weighted by Gasteiger charge is 2.29. The first-order valence-electron chi connectivity index (χ1n) is 4.21. The Balaban J connectivity index is 2.47. The summed E-state index contributed by atoms with van der Waals surface area (Å²) < 4.78 is 4.97. The van der Waals surface area contributed by atoms with Gasteiger partial charge in [-0.25, -0.2) is 9.97 Å². The molecule has 0 bridgehead atoms. The lowest BCUT2D eigenvalue weighted by Crippen LogP contribution is -2.01. The smallest absolute Gasteiger partial charge is 0.227 e. The van der Waals surface area contributed by atoms with Crippen LogP contribution < -0.4 is 4.74 Å². The molecule has 0 aromatic carbocycles. The van der Waals surface area contributed by atoms with Crippen LogP contribution in [0.1, 0.15) is 34.8 Å². The Morgan fingerprint density at radius 2 is 2.31 bits per heavy atom. The summed E-state index contributed by atoms with van der Waals surface area (Å²) in [7, 11) is 1.51. The second kappa shape index (κ2) is 3.12. The number of carbonyl (C=O) groups is 1. The molecule has 13 heavy (non-hydrogen) atoms. The molecule has 2 rings (SSSR count). The van der Waals surface area contributed by atoms with Gasteiger partial charge in [-0.1, -0.05) is 0 Å². The Morgan fingerprint density at radius 3 is 2.85 bits per heavy atom. The number of hydrogen-bond donors (Lipinski definition) is 0. The molecule has 0 atom stereocenters. The lowest BCUT2D eigenvalue weighted by atomic mass is 10.2. The minimum Gasteiger partial charge on any atom is -0.480 e. The Bertz CT molecular complexity index is 334. The van der Waals surface area contributed by atoms with Crippen LogP contribution in [0, 0.1) is 0 Å². The van der Waals surface area contributed by atoms with Gasteiger partial charge in [0.15, 0.2) is 6.29 Å². The van der Waals surface area contributed by atoms with Crippen molar-refractivity contribution in [1.29, 1.82) is 0 Å². The van der Waals surface area contributed by atoms with Crippen molar-refractivity contribution >= 4 is 6.29 Å². The van der Waals surface area contributed by atoms with Crippen molar-refractivity contribution in [1.82, 2.24) is 9.97 Å². The number of nitrogens with zero attached hydrogens (tertiary/aromatic N) is 2. The van der Waals surface area contributed by atoms with Gasteiger partial charge in [0.1, 0.15) is 6.33 Å². The lowest BCUT2D eigenvalue weighted by molar-refractivity contribution is 0.111. The van der Waals surface area contributed by atoms with Crippen molar-refractivity contribution < 1.29 is 9.53 Å².